The van der Waals surface area contributed by atoms with Crippen LogP contribution in [0.3, 0.4) is 0 Å². The lowest BCUT2D eigenvalue weighted by molar-refractivity contribution is -0.121. The van der Waals surface area contributed by atoms with Gasteiger partial charge in [-0.15, -0.1) is 0 Å². The van der Waals surface area contributed by atoms with Crippen LogP contribution in [-0.4, -0.2) is 19.9 Å². The summed E-state index contributed by atoms with van der Waals surface area (Å²) in [5.74, 6) is -0.112. The minimum atomic E-state index is -0.112. The third kappa shape index (κ3) is 3.87. The van der Waals surface area contributed by atoms with Gasteiger partial charge in [-0.05, 0) is 34.1 Å². The van der Waals surface area contributed by atoms with E-state index in [0.717, 1.165) is 15.8 Å². The summed E-state index contributed by atoms with van der Waals surface area (Å²) in [6.45, 7) is 0.728. The molecule has 0 saturated heterocycles. The lowest BCUT2D eigenvalue weighted by Gasteiger charge is -2.05. The zero-order valence-electron chi connectivity index (χ0n) is 12.3. The summed E-state index contributed by atoms with van der Waals surface area (Å²) in [6, 6.07) is 8.75. The predicted molar refractivity (Wildman–Crippen MR) is 90.1 cm³/mol. The molecular weight excluding hydrogens is 360 g/mol. The third-order valence-electron chi connectivity index (χ3n) is 3.41. The molecular formula is C16H15BrN4O2. The maximum Gasteiger partial charge on any atom is 0.250 e. The summed E-state index contributed by atoms with van der Waals surface area (Å²) < 4.78 is 4.38. The fourth-order valence-electron chi connectivity index (χ4n) is 2.25. The van der Waals surface area contributed by atoms with Crippen molar-refractivity contribution < 1.29 is 4.79 Å². The van der Waals surface area contributed by atoms with Crippen LogP contribution in [0.25, 0.3) is 5.65 Å². The van der Waals surface area contributed by atoms with Gasteiger partial charge in [-0.1, -0.05) is 6.07 Å². The number of fused-ring (bicyclic) bond motifs is 1. The van der Waals surface area contributed by atoms with Gasteiger partial charge in [0.15, 0.2) is 0 Å². The first kappa shape index (κ1) is 15.5. The van der Waals surface area contributed by atoms with Gasteiger partial charge < -0.3 is 14.3 Å². The fourth-order valence-corrected chi connectivity index (χ4v) is 2.60. The Labute approximate surface area is 140 Å². The number of carbonyl (C=O) groups is 1. The van der Waals surface area contributed by atoms with Crippen molar-refractivity contribution in [2.75, 3.05) is 0 Å². The first-order valence-corrected chi connectivity index (χ1v) is 7.96. The van der Waals surface area contributed by atoms with Crippen molar-refractivity contribution >= 4 is 27.5 Å². The fraction of sp³-hybridized carbons (Fsp3) is 0.188. The van der Waals surface area contributed by atoms with E-state index in [1.165, 1.54) is 10.6 Å². The van der Waals surface area contributed by atoms with Gasteiger partial charge in [0.25, 0.3) is 5.56 Å². The second-order valence-corrected chi connectivity index (χ2v) is 6.02. The van der Waals surface area contributed by atoms with Crippen molar-refractivity contribution in [2.24, 2.45) is 0 Å². The van der Waals surface area contributed by atoms with Crippen LogP contribution in [0, 0.1) is 0 Å². The van der Waals surface area contributed by atoms with Crippen LogP contribution >= 0.6 is 15.9 Å². The second kappa shape index (κ2) is 6.78. The zero-order chi connectivity index (χ0) is 16.2. The highest BCUT2D eigenvalue weighted by molar-refractivity contribution is 9.10. The van der Waals surface area contributed by atoms with Crippen molar-refractivity contribution in [1.29, 1.82) is 0 Å². The molecule has 1 amide bonds. The number of hydrogen-bond acceptors (Lipinski definition) is 3. The van der Waals surface area contributed by atoms with Crippen molar-refractivity contribution in [2.45, 2.75) is 19.5 Å². The molecule has 3 aromatic rings. The standard InChI is InChI=1S/C16H15BrN4O2/c17-12-4-5-14-19-13(11-21(14)10-12)9-18-15(22)6-8-20-7-2-1-3-16(20)23/h1-5,7,10-11H,6,8-9H2,(H,18,22). The molecule has 0 saturated carbocycles. The van der Waals surface area contributed by atoms with Gasteiger partial charge in [0, 0.05) is 42.1 Å². The normalized spacial score (nSPS) is 10.8. The van der Waals surface area contributed by atoms with Crippen LogP contribution < -0.4 is 10.9 Å². The number of nitrogens with one attached hydrogen (secondary N) is 1. The Balaban J connectivity index is 1.55. The monoisotopic (exact) mass is 374 g/mol. The number of aromatic nitrogens is 3. The van der Waals surface area contributed by atoms with E-state index in [1.54, 1.807) is 18.3 Å². The van der Waals surface area contributed by atoms with Gasteiger partial charge in [0.2, 0.25) is 5.91 Å². The molecule has 0 fully saturated rings. The SMILES string of the molecule is O=C(CCn1ccccc1=O)NCc1cn2cc(Br)ccc2n1. The molecule has 1 N–H and O–H groups in total. The highest BCUT2D eigenvalue weighted by Crippen LogP contribution is 2.12. The Bertz CT molecular complexity index is 900. The van der Waals surface area contributed by atoms with Crippen molar-refractivity contribution in [1.82, 2.24) is 19.3 Å². The molecule has 0 bridgehead atoms. The second-order valence-electron chi connectivity index (χ2n) is 5.10. The number of hydrogen-bond donors (Lipinski definition) is 1. The van der Waals surface area contributed by atoms with Gasteiger partial charge in [-0.25, -0.2) is 4.98 Å². The van der Waals surface area contributed by atoms with Crippen LogP contribution in [0.1, 0.15) is 12.1 Å². The van der Waals surface area contributed by atoms with E-state index in [9.17, 15) is 9.59 Å². The molecule has 0 unspecified atom stereocenters. The van der Waals surface area contributed by atoms with Gasteiger partial charge >= 0.3 is 0 Å². The largest absolute Gasteiger partial charge is 0.350 e. The molecule has 118 valence electrons. The molecule has 7 heteroatoms. The maximum absolute atomic E-state index is 11.9. The van der Waals surface area contributed by atoms with Crippen molar-refractivity contribution in [3.05, 3.63) is 69.4 Å². The average molecular weight is 375 g/mol. The Hall–Kier alpha value is -2.41. The molecule has 0 aliphatic rings. The first-order chi connectivity index (χ1) is 11.1. The number of imidazole rings is 1. The summed E-state index contributed by atoms with van der Waals surface area (Å²) in [5, 5.41) is 2.82. The number of rotatable bonds is 5. The van der Waals surface area contributed by atoms with E-state index in [4.69, 9.17) is 0 Å². The lowest BCUT2D eigenvalue weighted by atomic mass is 10.3. The number of halogens is 1. The number of amides is 1. The molecule has 0 aliphatic carbocycles. The minimum absolute atomic E-state index is 0.105. The van der Waals surface area contributed by atoms with Crippen molar-refractivity contribution in [3.63, 3.8) is 0 Å². The summed E-state index contributed by atoms with van der Waals surface area (Å²) in [4.78, 5) is 27.9. The molecule has 0 aliphatic heterocycles. The highest BCUT2D eigenvalue weighted by atomic mass is 79.9. The smallest absolute Gasteiger partial charge is 0.250 e. The number of pyridine rings is 2. The summed E-state index contributed by atoms with van der Waals surface area (Å²) in [5.41, 5.74) is 1.51. The quantitative estimate of drug-likeness (QED) is 0.742. The van der Waals surface area contributed by atoms with Gasteiger partial charge in [0.1, 0.15) is 5.65 Å². The molecule has 0 spiro atoms. The Morgan fingerprint density at radius 2 is 2.09 bits per heavy atom. The minimum Gasteiger partial charge on any atom is -0.350 e. The van der Waals surface area contributed by atoms with Crippen LogP contribution in [0.15, 0.2) is 58.2 Å². The number of nitrogens with zero attached hydrogens (tertiary/aromatic N) is 3. The molecule has 3 heterocycles. The van der Waals surface area contributed by atoms with Crippen LogP contribution in [0.4, 0.5) is 0 Å². The third-order valence-corrected chi connectivity index (χ3v) is 3.88. The van der Waals surface area contributed by atoms with Crippen molar-refractivity contribution in [3.8, 4) is 0 Å². The topological polar surface area (TPSA) is 68.4 Å². The molecule has 3 aromatic heterocycles. The summed E-state index contributed by atoms with van der Waals surface area (Å²) >= 11 is 3.41. The Morgan fingerprint density at radius 3 is 2.91 bits per heavy atom. The van der Waals surface area contributed by atoms with E-state index < -0.39 is 0 Å². The van der Waals surface area contributed by atoms with E-state index >= 15 is 0 Å². The average Bonchev–Trinajstić information content (AvgIpc) is 2.94. The van der Waals surface area contributed by atoms with Crippen LogP contribution in [0.2, 0.25) is 0 Å². The van der Waals surface area contributed by atoms with Gasteiger partial charge in [-0.2, -0.15) is 0 Å². The first-order valence-electron chi connectivity index (χ1n) is 7.17. The molecule has 0 radical (unpaired) electrons. The number of carbonyl (C=O) groups excluding carboxylic acids is 1. The van der Waals surface area contributed by atoms with E-state index in [2.05, 4.69) is 26.2 Å². The van der Waals surface area contributed by atoms with Crippen LogP contribution in [-0.2, 0) is 17.9 Å². The molecule has 23 heavy (non-hydrogen) atoms. The van der Waals surface area contributed by atoms with Gasteiger partial charge in [0.05, 0.1) is 12.2 Å². The van der Waals surface area contributed by atoms with E-state index in [-0.39, 0.29) is 17.9 Å². The van der Waals surface area contributed by atoms with Gasteiger partial charge in [-0.3, -0.25) is 9.59 Å². The summed E-state index contributed by atoms with van der Waals surface area (Å²) in [6.07, 6.45) is 5.72. The Morgan fingerprint density at radius 1 is 1.22 bits per heavy atom. The molecule has 3 rings (SSSR count). The maximum atomic E-state index is 11.9. The molecule has 0 atom stereocenters. The highest BCUT2D eigenvalue weighted by Gasteiger charge is 2.06. The Kier molecular flexibility index (Phi) is 4.57. The molecule has 6 nitrogen and oxygen atoms in total. The zero-order valence-corrected chi connectivity index (χ0v) is 13.9. The number of aryl methyl sites for hydroxylation is 1. The molecule has 0 aromatic carbocycles. The lowest BCUT2D eigenvalue weighted by Crippen LogP contribution is -2.26. The van der Waals surface area contributed by atoms with E-state index in [0.29, 0.717) is 13.1 Å². The predicted octanol–water partition coefficient (Wildman–Crippen LogP) is 1.96. The van der Waals surface area contributed by atoms with E-state index in [1.807, 2.05) is 28.9 Å². The van der Waals surface area contributed by atoms with Crippen LogP contribution in [0.5, 0.6) is 0 Å². The summed E-state index contributed by atoms with van der Waals surface area (Å²) in [7, 11) is 0.